The quantitative estimate of drug-likeness (QED) is 0.539. The van der Waals surface area contributed by atoms with Crippen LogP contribution in [-0.2, 0) is 0 Å². The van der Waals surface area contributed by atoms with Crippen molar-refractivity contribution in [1.82, 2.24) is 9.38 Å². The minimum atomic E-state index is -0.157. The molecule has 0 amide bonds. The molecule has 0 spiro atoms. The first-order chi connectivity index (χ1) is 12.2. The molecule has 0 bridgehead atoms. The Bertz CT molecular complexity index is 1150. The summed E-state index contributed by atoms with van der Waals surface area (Å²) in [6.45, 7) is 0. The zero-order chi connectivity index (χ0) is 17.4. The summed E-state index contributed by atoms with van der Waals surface area (Å²) in [4.78, 5) is 17.4. The minimum Gasteiger partial charge on any atom is -0.497 e. The fourth-order valence-corrected chi connectivity index (χ4v) is 2.95. The standard InChI is InChI=1S/C20H13N3O2/c1-25-15-8-6-13(7-9-15)20(24)18-10-14(11-21)19-12-22-16-4-2-3-5-17(16)23(18)19/h2-10,12H,1H3. The van der Waals surface area contributed by atoms with E-state index in [0.717, 1.165) is 11.0 Å². The highest BCUT2D eigenvalue weighted by Crippen LogP contribution is 2.24. The lowest BCUT2D eigenvalue weighted by Crippen LogP contribution is -2.06. The lowest BCUT2D eigenvalue weighted by molar-refractivity contribution is 0.103. The molecule has 5 heteroatoms. The number of nitriles is 1. The lowest BCUT2D eigenvalue weighted by atomic mass is 10.1. The van der Waals surface area contributed by atoms with Crippen LogP contribution in [0.5, 0.6) is 5.75 Å². The number of para-hydroxylation sites is 2. The average molecular weight is 327 g/mol. The summed E-state index contributed by atoms with van der Waals surface area (Å²) in [7, 11) is 1.58. The van der Waals surface area contributed by atoms with Crippen molar-refractivity contribution in [3.63, 3.8) is 0 Å². The first kappa shape index (κ1) is 14.9. The van der Waals surface area contributed by atoms with Gasteiger partial charge in [0, 0.05) is 5.56 Å². The number of hydrogen-bond donors (Lipinski definition) is 0. The first-order valence-corrected chi connectivity index (χ1v) is 7.71. The number of carbonyl (C=O) groups excluding carboxylic acids is 1. The van der Waals surface area contributed by atoms with E-state index < -0.39 is 0 Å². The van der Waals surface area contributed by atoms with Gasteiger partial charge in [-0.2, -0.15) is 5.26 Å². The van der Waals surface area contributed by atoms with Crippen molar-refractivity contribution in [2.45, 2.75) is 0 Å². The number of benzene rings is 2. The van der Waals surface area contributed by atoms with E-state index in [-0.39, 0.29) is 5.78 Å². The summed E-state index contributed by atoms with van der Waals surface area (Å²) in [6, 6.07) is 18.2. The smallest absolute Gasteiger partial charge is 0.209 e. The minimum absolute atomic E-state index is 0.157. The number of ketones is 1. The fourth-order valence-electron chi connectivity index (χ4n) is 2.95. The number of nitrogens with zero attached hydrogens (tertiary/aromatic N) is 3. The molecule has 0 unspecified atom stereocenters. The van der Waals surface area contributed by atoms with Gasteiger partial charge in [-0.15, -0.1) is 0 Å². The number of aromatic nitrogens is 2. The van der Waals surface area contributed by atoms with Crippen molar-refractivity contribution in [2.75, 3.05) is 7.11 Å². The Morgan fingerprint density at radius 2 is 1.88 bits per heavy atom. The van der Waals surface area contributed by atoms with E-state index in [0.29, 0.717) is 28.1 Å². The third-order valence-electron chi connectivity index (χ3n) is 4.19. The van der Waals surface area contributed by atoms with E-state index in [1.165, 1.54) is 0 Å². The predicted octanol–water partition coefficient (Wildman–Crippen LogP) is 3.60. The summed E-state index contributed by atoms with van der Waals surface area (Å²) in [5.41, 5.74) is 3.58. The molecule has 2 aromatic heterocycles. The molecule has 120 valence electrons. The van der Waals surface area contributed by atoms with Crippen LogP contribution in [0.25, 0.3) is 16.6 Å². The van der Waals surface area contributed by atoms with Crippen LogP contribution in [0.2, 0.25) is 0 Å². The molecule has 5 nitrogen and oxygen atoms in total. The highest BCUT2D eigenvalue weighted by Gasteiger charge is 2.19. The van der Waals surface area contributed by atoms with Gasteiger partial charge in [-0.05, 0) is 42.5 Å². The van der Waals surface area contributed by atoms with Crippen molar-refractivity contribution < 1.29 is 9.53 Å². The van der Waals surface area contributed by atoms with Gasteiger partial charge in [-0.3, -0.25) is 9.78 Å². The SMILES string of the molecule is COc1ccc(C(=O)c2cc(C#N)c3cnc4ccccc4n23)cc1. The number of hydrogen-bond acceptors (Lipinski definition) is 4. The number of carbonyl (C=O) groups is 1. The lowest BCUT2D eigenvalue weighted by Gasteiger charge is -2.07. The fraction of sp³-hybridized carbons (Fsp3) is 0.0500. The van der Waals surface area contributed by atoms with Crippen LogP contribution in [0.4, 0.5) is 0 Å². The van der Waals surface area contributed by atoms with Gasteiger partial charge in [-0.25, -0.2) is 0 Å². The summed E-state index contributed by atoms with van der Waals surface area (Å²) in [6.07, 6.45) is 1.63. The van der Waals surface area contributed by atoms with Gasteiger partial charge >= 0.3 is 0 Å². The summed E-state index contributed by atoms with van der Waals surface area (Å²) < 4.78 is 6.94. The molecule has 0 aliphatic rings. The molecule has 2 heterocycles. The van der Waals surface area contributed by atoms with E-state index in [2.05, 4.69) is 11.1 Å². The number of rotatable bonds is 3. The highest BCUT2D eigenvalue weighted by molar-refractivity contribution is 6.10. The van der Waals surface area contributed by atoms with Crippen LogP contribution in [-0.4, -0.2) is 22.3 Å². The Morgan fingerprint density at radius 3 is 2.60 bits per heavy atom. The van der Waals surface area contributed by atoms with Crippen molar-refractivity contribution in [3.05, 3.63) is 77.6 Å². The Labute approximate surface area is 143 Å². The van der Waals surface area contributed by atoms with E-state index in [4.69, 9.17) is 4.74 Å². The second-order valence-corrected chi connectivity index (χ2v) is 5.58. The van der Waals surface area contributed by atoms with E-state index in [9.17, 15) is 10.1 Å². The Kier molecular flexibility index (Phi) is 3.44. The number of fused-ring (bicyclic) bond motifs is 3. The number of ether oxygens (including phenoxy) is 1. The average Bonchev–Trinajstić information content (AvgIpc) is 3.06. The molecule has 0 aliphatic carbocycles. The van der Waals surface area contributed by atoms with E-state index in [1.54, 1.807) is 48.0 Å². The molecule has 0 aliphatic heterocycles. The van der Waals surface area contributed by atoms with Gasteiger partial charge in [0.1, 0.15) is 11.8 Å². The maximum absolute atomic E-state index is 13.0. The Hall–Kier alpha value is -3.65. The summed E-state index contributed by atoms with van der Waals surface area (Å²) >= 11 is 0. The van der Waals surface area contributed by atoms with E-state index in [1.807, 2.05) is 24.3 Å². The van der Waals surface area contributed by atoms with Crippen LogP contribution in [0.15, 0.2) is 60.8 Å². The maximum Gasteiger partial charge on any atom is 0.209 e. The van der Waals surface area contributed by atoms with Crippen LogP contribution in [0, 0.1) is 11.3 Å². The molecule has 0 saturated carbocycles. The molecular formula is C20H13N3O2. The molecule has 4 rings (SSSR count). The van der Waals surface area contributed by atoms with E-state index >= 15 is 0 Å². The molecule has 2 aromatic carbocycles. The van der Waals surface area contributed by atoms with Crippen molar-refractivity contribution in [1.29, 1.82) is 5.26 Å². The zero-order valence-electron chi connectivity index (χ0n) is 13.4. The van der Waals surface area contributed by atoms with Crippen LogP contribution in [0.3, 0.4) is 0 Å². The Morgan fingerprint density at radius 1 is 1.12 bits per heavy atom. The first-order valence-electron chi connectivity index (χ1n) is 7.71. The van der Waals surface area contributed by atoms with Gasteiger partial charge in [0.25, 0.3) is 0 Å². The van der Waals surface area contributed by atoms with Gasteiger partial charge in [0.05, 0.1) is 41.1 Å². The molecule has 4 aromatic rings. The predicted molar refractivity (Wildman–Crippen MR) is 93.8 cm³/mol. The zero-order valence-corrected chi connectivity index (χ0v) is 13.4. The Balaban J connectivity index is 1.98. The van der Waals surface area contributed by atoms with Gasteiger partial charge in [0.2, 0.25) is 5.78 Å². The third-order valence-corrected chi connectivity index (χ3v) is 4.19. The molecule has 0 fully saturated rings. The molecule has 0 N–H and O–H groups in total. The molecule has 25 heavy (non-hydrogen) atoms. The number of methoxy groups -OCH3 is 1. The van der Waals surface area contributed by atoms with Crippen LogP contribution < -0.4 is 4.74 Å². The highest BCUT2D eigenvalue weighted by atomic mass is 16.5. The van der Waals surface area contributed by atoms with Crippen molar-refractivity contribution in [2.24, 2.45) is 0 Å². The normalized spacial score (nSPS) is 10.7. The van der Waals surface area contributed by atoms with Crippen molar-refractivity contribution >= 4 is 22.3 Å². The topological polar surface area (TPSA) is 67.4 Å². The second-order valence-electron chi connectivity index (χ2n) is 5.58. The van der Waals surface area contributed by atoms with Gasteiger partial charge < -0.3 is 9.14 Å². The van der Waals surface area contributed by atoms with Crippen molar-refractivity contribution in [3.8, 4) is 11.8 Å². The van der Waals surface area contributed by atoms with Crippen LogP contribution >= 0.6 is 0 Å². The summed E-state index contributed by atoms with van der Waals surface area (Å²) in [5, 5.41) is 9.42. The maximum atomic E-state index is 13.0. The van der Waals surface area contributed by atoms with Gasteiger partial charge in [-0.1, -0.05) is 12.1 Å². The monoisotopic (exact) mass is 327 g/mol. The molecule has 0 radical (unpaired) electrons. The molecular weight excluding hydrogens is 314 g/mol. The molecule has 0 atom stereocenters. The van der Waals surface area contributed by atoms with Crippen LogP contribution in [0.1, 0.15) is 21.6 Å². The second kappa shape index (κ2) is 5.77. The molecule has 0 saturated heterocycles. The van der Waals surface area contributed by atoms with Gasteiger partial charge in [0.15, 0.2) is 0 Å². The largest absolute Gasteiger partial charge is 0.497 e. The third kappa shape index (κ3) is 2.32. The summed E-state index contributed by atoms with van der Waals surface area (Å²) in [5.74, 6) is 0.527.